The van der Waals surface area contributed by atoms with Crippen LogP contribution in [0, 0.1) is 0 Å². The second-order valence-corrected chi connectivity index (χ2v) is 8.10. The number of nitrogens with zero attached hydrogens (tertiary/aromatic N) is 2. The van der Waals surface area contributed by atoms with Crippen LogP contribution in [-0.2, 0) is 9.59 Å². The molecule has 0 N–H and O–H groups in total. The van der Waals surface area contributed by atoms with E-state index in [4.69, 9.17) is 11.6 Å². The summed E-state index contributed by atoms with van der Waals surface area (Å²) in [5.74, 6) is -0.0166. The van der Waals surface area contributed by atoms with Gasteiger partial charge in [0.05, 0.1) is 0 Å². The number of carbonyl (C=O) groups is 2. The minimum Gasteiger partial charge on any atom is -0.294 e. The second kappa shape index (κ2) is 7.53. The summed E-state index contributed by atoms with van der Waals surface area (Å²) in [6.07, 6.45) is 1.42. The maximum atomic E-state index is 13.3. The summed E-state index contributed by atoms with van der Waals surface area (Å²) in [4.78, 5) is 26.3. The van der Waals surface area contributed by atoms with Gasteiger partial charge in [0.2, 0.25) is 5.91 Å². The number of hydrogen-bond donors (Lipinski definition) is 0. The van der Waals surface area contributed by atoms with Crippen LogP contribution in [0.3, 0.4) is 0 Å². The third-order valence-electron chi connectivity index (χ3n) is 5.62. The monoisotopic (exact) mass is 394 g/mol. The zero-order valence-electron chi connectivity index (χ0n) is 16.1. The molecule has 4 nitrogen and oxygen atoms in total. The molecule has 0 spiro atoms. The summed E-state index contributed by atoms with van der Waals surface area (Å²) in [6.45, 7) is 0. The van der Waals surface area contributed by atoms with Crippen LogP contribution < -0.4 is 0 Å². The van der Waals surface area contributed by atoms with Crippen LogP contribution in [0.25, 0.3) is 0 Å². The number of amides is 1. The summed E-state index contributed by atoms with van der Waals surface area (Å²) in [5.41, 5.74) is 3.66. The predicted molar refractivity (Wildman–Crippen MR) is 110 cm³/mol. The fraction of sp³-hybridized carbons (Fsp3) is 0.304. The molecule has 1 aliphatic heterocycles. The molecule has 0 aromatic heterocycles. The number of rotatable bonds is 3. The number of benzene rings is 2. The standard InChI is InChI=1S/C23H23ClN2O2/c1-25(2)26-20-12-17(15-7-4-3-5-8-15)13-21(27)23(20)19(14-22(26)28)16-9-6-10-18(24)11-16/h3-11,17,19H,12-14H2,1-2H3/t17-,19-/m1/s1. The molecule has 0 radical (unpaired) electrons. The van der Waals surface area contributed by atoms with Gasteiger partial charge in [0, 0.05) is 49.1 Å². The van der Waals surface area contributed by atoms with Gasteiger partial charge in [0.25, 0.3) is 0 Å². The Morgan fingerprint density at radius 2 is 1.64 bits per heavy atom. The van der Waals surface area contributed by atoms with Gasteiger partial charge in [0.1, 0.15) is 0 Å². The van der Waals surface area contributed by atoms with Crippen molar-refractivity contribution in [3.63, 3.8) is 0 Å². The number of allylic oxidation sites excluding steroid dienone is 2. The molecule has 5 heteroatoms. The lowest BCUT2D eigenvalue weighted by Crippen LogP contribution is -2.47. The molecule has 2 aliphatic rings. The Hall–Kier alpha value is -2.43. The normalized spacial score (nSPS) is 22.6. The number of hydrogen-bond acceptors (Lipinski definition) is 3. The van der Waals surface area contributed by atoms with Gasteiger partial charge in [-0.2, -0.15) is 0 Å². The van der Waals surface area contributed by atoms with Crippen molar-refractivity contribution in [3.05, 3.63) is 82.0 Å². The lowest BCUT2D eigenvalue weighted by molar-refractivity contribution is -0.143. The molecule has 1 amide bonds. The van der Waals surface area contributed by atoms with E-state index in [0.717, 1.165) is 22.4 Å². The minimum atomic E-state index is -0.235. The first-order valence-corrected chi connectivity index (χ1v) is 9.90. The van der Waals surface area contributed by atoms with E-state index in [-0.39, 0.29) is 29.9 Å². The van der Waals surface area contributed by atoms with Crippen LogP contribution in [0.5, 0.6) is 0 Å². The van der Waals surface area contributed by atoms with Crippen LogP contribution >= 0.6 is 11.6 Å². The fourth-order valence-electron chi connectivity index (χ4n) is 4.45. The highest BCUT2D eigenvalue weighted by Gasteiger charge is 2.42. The third-order valence-corrected chi connectivity index (χ3v) is 5.86. The van der Waals surface area contributed by atoms with Crippen molar-refractivity contribution < 1.29 is 9.59 Å². The first-order valence-electron chi connectivity index (χ1n) is 9.52. The van der Waals surface area contributed by atoms with Crippen molar-refractivity contribution in [1.29, 1.82) is 0 Å². The summed E-state index contributed by atoms with van der Waals surface area (Å²) in [7, 11) is 3.69. The summed E-state index contributed by atoms with van der Waals surface area (Å²) in [5, 5.41) is 4.09. The molecule has 4 rings (SSSR count). The SMILES string of the molecule is CN(C)N1C(=O)C[C@H](c2cccc(Cl)c2)C2=C1C[C@@H](c1ccccc1)CC2=O. The number of ketones is 1. The predicted octanol–water partition coefficient (Wildman–Crippen LogP) is 4.53. The minimum absolute atomic E-state index is 0.00948. The topological polar surface area (TPSA) is 40.6 Å². The Morgan fingerprint density at radius 3 is 2.32 bits per heavy atom. The van der Waals surface area contributed by atoms with E-state index in [1.165, 1.54) is 0 Å². The molecule has 0 saturated heterocycles. The Labute approximate surface area is 170 Å². The van der Waals surface area contributed by atoms with Crippen LogP contribution in [-0.4, -0.2) is 35.8 Å². The highest BCUT2D eigenvalue weighted by molar-refractivity contribution is 6.30. The second-order valence-electron chi connectivity index (χ2n) is 7.66. The first kappa shape index (κ1) is 18.9. The summed E-state index contributed by atoms with van der Waals surface area (Å²) < 4.78 is 0. The van der Waals surface area contributed by atoms with Crippen molar-refractivity contribution in [2.24, 2.45) is 0 Å². The highest BCUT2D eigenvalue weighted by Crippen LogP contribution is 2.46. The van der Waals surface area contributed by atoms with Crippen molar-refractivity contribution in [1.82, 2.24) is 10.0 Å². The van der Waals surface area contributed by atoms with E-state index >= 15 is 0 Å². The van der Waals surface area contributed by atoms with Crippen LogP contribution in [0.4, 0.5) is 0 Å². The van der Waals surface area contributed by atoms with Gasteiger partial charge in [-0.3, -0.25) is 9.59 Å². The maximum absolute atomic E-state index is 13.3. The Morgan fingerprint density at radius 1 is 0.929 bits per heavy atom. The molecule has 0 fully saturated rings. The third kappa shape index (κ3) is 3.38. The van der Waals surface area contributed by atoms with Crippen molar-refractivity contribution in [3.8, 4) is 0 Å². The molecule has 144 valence electrons. The molecule has 0 bridgehead atoms. The lowest BCUT2D eigenvalue weighted by Gasteiger charge is -2.42. The number of Topliss-reactive ketones (excluding diaryl/α,β-unsaturated/α-hetero) is 1. The number of hydrazine groups is 1. The van der Waals surface area contributed by atoms with E-state index < -0.39 is 0 Å². The molecule has 1 aliphatic carbocycles. The van der Waals surface area contributed by atoms with E-state index in [1.54, 1.807) is 10.0 Å². The Balaban J connectivity index is 1.82. The lowest BCUT2D eigenvalue weighted by atomic mass is 9.73. The number of carbonyl (C=O) groups excluding carboxylic acids is 2. The Kier molecular flexibility index (Phi) is 5.09. The zero-order valence-corrected chi connectivity index (χ0v) is 16.8. The first-order chi connectivity index (χ1) is 13.5. The van der Waals surface area contributed by atoms with E-state index in [2.05, 4.69) is 12.1 Å². The van der Waals surface area contributed by atoms with Crippen LogP contribution in [0.2, 0.25) is 5.02 Å². The average Bonchev–Trinajstić information content (AvgIpc) is 2.67. The van der Waals surface area contributed by atoms with E-state index in [1.807, 2.05) is 56.6 Å². The zero-order chi connectivity index (χ0) is 19.8. The number of halogens is 1. The molecule has 2 atom stereocenters. The summed E-state index contributed by atoms with van der Waals surface area (Å²) in [6, 6.07) is 17.6. The van der Waals surface area contributed by atoms with Gasteiger partial charge < -0.3 is 0 Å². The molecule has 0 unspecified atom stereocenters. The molecule has 2 aromatic rings. The van der Waals surface area contributed by atoms with E-state index in [0.29, 0.717) is 17.9 Å². The van der Waals surface area contributed by atoms with Gasteiger partial charge >= 0.3 is 0 Å². The largest absolute Gasteiger partial charge is 0.294 e. The molecular weight excluding hydrogens is 372 g/mol. The molecule has 2 aromatic carbocycles. The average molecular weight is 395 g/mol. The quantitative estimate of drug-likeness (QED) is 0.767. The van der Waals surface area contributed by atoms with Gasteiger partial charge in [-0.25, -0.2) is 10.0 Å². The van der Waals surface area contributed by atoms with Gasteiger partial charge in [-0.1, -0.05) is 54.1 Å². The molecular formula is C23H23ClN2O2. The molecule has 1 heterocycles. The Bertz CT molecular complexity index is 952. The van der Waals surface area contributed by atoms with Crippen molar-refractivity contribution >= 4 is 23.3 Å². The van der Waals surface area contributed by atoms with Gasteiger partial charge in [-0.05, 0) is 35.6 Å². The van der Waals surface area contributed by atoms with Crippen molar-refractivity contribution in [2.45, 2.75) is 31.1 Å². The smallest absolute Gasteiger partial charge is 0.242 e. The highest BCUT2D eigenvalue weighted by atomic mass is 35.5. The molecule has 28 heavy (non-hydrogen) atoms. The molecule has 0 saturated carbocycles. The summed E-state index contributed by atoms with van der Waals surface area (Å²) >= 11 is 6.19. The van der Waals surface area contributed by atoms with Crippen molar-refractivity contribution in [2.75, 3.05) is 14.1 Å². The fourth-order valence-corrected chi connectivity index (χ4v) is 4.65. The van der Waals surface area contributed by atoms with Gasteiger partial charge in [0.15, 0.2) is 5.78 Å². The van der Waals surface area contributed by atoms with Crippen LogP contribution in [0.1, 0.15) is 42.2 Å². The van der Waals surface area contributed by atoms with Gasteiger partial charge in [-0.15, -0.1) is 0 Å². The maximum Gasteiger partial charge on any atom is 0.242 e. The van der Waals surface area contributed by atoms with Crippen LogP contribution in [0.15, 0.2) is 65.9 Å². The van der Waals surface area contributed by atoms with E-state index in [9.17, 15) is 9.59 Å².